The molecule has 6 amide bonds. The Bertz CT molecular complexity index is 3460. The van der Waals surface area contributed by atoms with Gasteiger partial charge in [0.05, 0.1) is 60.6 Å². The van der Waals surface area contributed by atoms with E-state index >= 15 is 4.39 Å². The lowest BCUT2D eigenvalue weighted by Gasteiger charge is -2.31. The molecule has 5 heterocycles. The fraction of sp³-hybridized carbons (Fsp3) is 0.459. The molecule has 2 aromatic heterocycles. The molecule has 8 rings (SSSR count). The molecule has 22 nitrogen and oxygen atoms in total. The fourth-order valence-corrected chi connectivity index (χ4v) is 11.1. The molecular weight excluding hydrogens is 1090 g/mol. The van der Waals surface area contributed by atoms with E-state index in [9.17, 15) is 62.6 Å². The standard InChI is InChI=1S/C61H68FN7O15/c1-6-61(82)41-26-46-56-39(31-69(46)58(80)40(41)32-83-59(61)81)55-43(18-17-38-33(2)42(62)27-45(67-56)54(38)55)65-49(74)15-10-14-36(70)29-64-57(79)35(24-34-12-8-7-9-13-34)25-37(71)30-63-48(73)20-19-47(72)44(28-53(78)84-60(3,4)5)66-50(75)16-11-23-68-51(76)21-22-52(68)77/h7-9,12-13,21-22,26-27,35,43-44,82H,6,10-11,14-20,23-25,28-32H2,1-5H3,(H,63,73)(H,64,79)(H,65,74)(H,66,75)/t35-,43+,44+,61+/m1/s1. The molecule has 0 saturated heterocycles. The molecule has 0 fully saturated rings. The van der Waals surface area contributed by atoms with Crippen molar-refractivity contribution in [3.05, 3.63) is 110 Å². The third-order valence-corrected chi connectivity index (χ3v) is 15.5. The number of nitrogens with one attached hydrogen (secondary N) is 4. The first-order valence-corrected chi connectivity index (χ1v) is 28.2. The van der Waals surface area contributed by atoms with E-state index in [2.05, 4.69) is 21.3 Å². The number of ether oxygens (including phenoxy) is 2. The Morgan fingerprint density at radius 3 is 2.25 bits per heavy atom. The Balaban J connectivity index is 0.832. The van der Waals surface area contributed by atoms with E-state index < -0.39 is 126 Å². The number of aryl methyl sites for hydroxylation is 1. The van der Waals surface area contributed by atoms with Gasteiger partial charge in [-0.25, -0.2) is 14.2 Å². The first-order chi connectivity index (χ1) is 39.8. The molecule has 4 atom stereocenters. The number of carbonyl (C=O) groups excluding carboxylic acids is 11. The van der Waals surface area contributed by atoms with Crippen LogP contribution in [-0.4, -0.2) is 116 Å². The summed E-state index contributed by atoms with van der Waals surface area (Å²) < 4.78 is 27.5. The maximum Gasteiger partial charge on any atom is 0.343 e. The number of ketones is 3. The van der Waals surface area contributed by atoms with Crippen LogP contribution in [0.3, 0.4) is 0 Å². The maximum atomic E-state index is 15.4. The van der Waals surface area contributed by atoms with Gasteiger partial charge in [0.2, 0.25) is 23.6 Å². The number of halogens is 1. The van der Waals surface area contributed by atoms with Gasteiger partial charge >= 0.3 is 11.9 Å². The molecule has 1 aliphatic carbocycles. The highest BCUT2D eigenvalue weighted by Gasteiger charge is 2.46. The Morgan fingerprint density at radius 2 is 1.55 bits per heavy atom. The number of aliphatic hydroxyl groups is 1. The normalized spacial score (nSPS) is 17.3. The zero-order chi connectivity index (χ0) is 60.8. The highest BCUT2D eigenvalue weighted by atomic mass is 19.1. The van der Waals surface area contributed by atoms with Crippen molar-refractivity contribution in [1.29, 1.82) is 0 Å². The zero-order valence-corrected chi connectivity index (χ0v) is 47.5. The quantitative estimate of drug-likeness (QED) is 0.0389. The molecule has 0 bridgehead atoms. The van der Waals surface area contributed by atoms with Crippen LogP contribution in [0.5, 0.6) is 0 Å². The summed E-state index contributed by atoms with van der Waals surface area (Å²) in [6.07, 6.45) is 1.23. The summed E-state index contributed by atoms with van der Waals surface area (Å²) in [4.78, 5) is 162. The fourth-order valence-electron chi connectivity index (χ4n) is 11.1. The van der Waals surface area contributed by atoms with Crippen LogP contribution >= 0.6 is 0 Å². The van der Waals surface area contributed by atoms with Gasteiger partial charge in [0.1, 0.15) is 18.0 Å². The van der Waals surface area contributed by atoms with Gasteiger partial charge in [-0.15, -0.1) is 0 Å². The van der Waals surface area contributed by atoms with E-state index in [-0.39, 0.29) is 93.9 Å². The maximum absolute atomic E-state index is 15.4. The van der Waals surface area contributed by atoms with Gasteiger partial charge in [-0.05, 0) is 94.5 Å². The minimum atomic E-state index is -2.06. The molecular formula is C61H68FN7O15. The van der Waals surface area contributed by atoms with Crippen molar-refractivity contribution in [1.82, 2.24) is 35.7 Å². The Hall–Kier alpha value is -8.60. The zero-order valence-electron chi connectivity index (χ0n) is 47.5. The average molecular weight is 1160 g/mol. The number of esters is 2. The minimum absolute atomic E-state index is 0.0424. The van der Waals surface area contributed by atoms with Gasteiger partial charge in [0, 0.05) is 85.7 Å². The van der Waals surface area contributed by atoms with Crippen molar-refractivity contribution in [2.24, 2.45) is 5.92 Å². The first kappa shape index (κ1) is 61.5. The number of amides is 6. The highest BCUT2D eigenvalue weighted by molar-refractivity contribution is 6.13. The van der Waals surface area contributed by atoms with Crippen LogP contribution in [0.2, 0.25) is 0 Å². The van der Waals surface area contributed by atoms with Gasteiger partial charge in [-0.2, -0.15) is 0 Å². The second kappa shape index (κ2) is 25.9. The van der Waals surface area contributed by atoms with Crippen LogP contribution in [0.1, 0.15) is 143 Å². The number of aromatic nitrogens is 2. The van der Waals surface area contributed by atoms with Crippen LogP contribution in [0, 0.1) is 18.7 Å². The molecule has 23 heteroatoms. The lowest BCUT2D eigenvalue weighted by molar-refractivity contribution is -0.172. The summed E-state index contributed by atoms with van der Waals surface area (Å²) in [5, 5.41) is 22.7. The summed E-state index contributed by atoms with van der Waals surface area (Å²) in [5.41, 5.74) is 1.05. The van der Waals surface area contributed by atoms with Gasteiger partial charge in [0.25, 0.3) is 17.4 Å². The van der Waals surface area contributed by atoms with Crippen LogP contribution in [0.15, 0.2) is 59.4 Å². The van der Waals surface area contributed by atoms with Crippen molar-refractivity contribution in [2.45, 2.75) is 155 Å². The highest BCUT2D eigenvalue weighted by Crippen LogP contribution is 2.46. The van der Waals surface area contributed by atoms with Gasteiger partial charge in [0.15, 0.2) is 23.0 Å². The van der Waals surface area contributed by atoms with Crippen LogP contribution < -0.4 is 26.8 Å². The number of pyridine rings is 2. The van der Waals surface area contributed by atoms with E-state index in [1.807, 2.05) is 0 Å². The topological polar surface area (TPSA) is 313 Å². The van der Waals surface area contributed by atoms with Crippen molar-refractivity contribution in [3.63, 3.8) is 0 Å². The van der Waals surface area contributed by atoms with Crippen molar-refractivity contribution >= 4 is 75.6 Å². The number of Topliss-reactive ketones (excluding diaryl/α,β-unsaturated/α-hetero) is 3. The number of nitrogens with zero attached hydrogens (tertiary/aromatic N) is 3. The largest absolute Gasteiger partial charge is 0.460 e. The molecule has 84 heavy (non-hydrogen) atoms. The summed E-state index contributed by atoms with van der Waals surface area (Å²) >= 11 is 0. The van der Waals surface area contributed by atoms with Crippen LogP contribution in [-0.2, 0) is 93.8 Å². The van der Waals surface area contributed by atoms with Crippen molar-refractivity contribution in [3.8, 4) is 11.4 Å². The summed E-state index contributed by atoms with van der Waals surface area (Å²) in [6, 6.07) is 9.77. The molecule has 4 aromatic rings. The average Bonchev–Trinajstić information content (AvgIpc) is 1.51. The van der Waals surface area contributed by atoms with E-state index in [0.717, 1.165) is 28.2 Å². The predicted octanol–water partition coefficient (Wildman–Crippen LogP) is 3.69. The number of rotatable bonds is 26. The lowest BCUT2D eigenvalue weighted by atomic mass is 9.81. The number of cyclic esters (lactones) is 1. The molecule has 4 aliphatic rings. The Kier molecular flexibility index (Phi) is 19.0. The molecule has 0 unspecified atom stereocenters. The summed E-state index contributed by atoms with van der Waals surface area (Å²) in [7, 11) is 0. The van der Waals surface area contributed by atoms with E-state index in [1.54, 1.807) is 71.0 Å². The molecule has 3 aliphatic heterocycles. The third-order valence-electron chi connectivity index (χ3n) is 15.5. The summed E-state index contributed by atoms with van der Waals surface area (Å²) in [5.74, 6) is -8.00. The Labute approximate surface area is 482 Å². The molecule has 444 valence electrons. The lowest BCUT2D eigenvalue weighted by Crippen LogP contribution is -2.44. The van der Waals surface area contributed by atoms with Gasteiger partial charge in [-0.3, -0.25) is 57.6 Å². The number of hydrogen-bond acceptors (Lipinski definition) is 16. The van der Waals surface area contributed by atoms with Gasteiger partial charge < -0.3 is 40.4 Å². The molecule has 0 spiro atoms. The van der Waals surface area contributed by atoms with Gasteiger partial charge in [-0.1, -0.05) is 37.3 Å². The number of benzene rings is 2. The number of fused-ring (bicyclic) bond motifs is 5. The Morgan fingerprint density at radius 1 is 0.845 bits per heavy atom. The smallest absolute Gasteiger partial charge is 0.343 e. The second-order valence-electron chi connectivity index (χ2n) is 22.6. The third kappa shape index (κ3) is 14.1. The molecule has 0 radical (unpaired) electrons. The number of imide groups is 1. The van der Waals surface area contributed by atoms with E-state index in [0.29, 0.717) is 51.8 Å². The van der Waals surface area contributed by atoms with Crippen LogP contribution in [0.25, 0.3) is 22.3 Å². The summed E-state index contributed by atoms with van der Waals surface area (Å²) in [6.45, 7) is 6.95. The van der Waals surface area contributed by atoms with Crippen LogP contribution in [0.4, 0.5) is 4.39 Å². The second-order valence-corrected chi connectivity index (χ2v) is 22.6. The van der Waals surface area contributed by atoms with Crippen molar-refractivity contribution < 1.29 is 71.7 Å². The number of hydrogen-bond donors (Lipinski definition) is 5. The van der Waals surface area contributed by atoms with Crippen molar-refractivity contribution in [2.75, 3.05) is 19.6 Å². The molecule has 2 aromatic carbocycles. The number of carbonyl (C=O) groups is 11. The predicted molar refractivity (Wildman–Crippen MR) is 298 cm³/mol. The minimum Gasteiger partial charge on any atom is -0.460 e. The van der Waals surface area contributed by atoms with E-state index in [1.165, 1.54) is 10.6 Å². The SMILES string of the molecule is CC[C@@]1(O)C(=O)OCc2c1cc1n(c2=O)Cc2c-1nc1cc(F)c(C)c3c1c2[C@@H](NC(=O)CCCC(=O)CNC(=O)[C@@H](CC(=O)CNC(=O)CCC(=O)[C@H](CC(=O)OC(C)(C)C)NC(=O)CCCN1C(=O)C=CC1=O)Cc1ccccc1)CC3. The monoisotopic (exact) mass is 1160 g/mol. The molecule has 5 N–H and O–H groups in total. The first-order valence-electron chi connectivity index (χ1n) is 28.2. The molecule has 0 saturated carbocycles. The van der Waals surface area contributed by atoms with E-state index in [4.69, 9.17) is 14.5 Å².